The molecule has 1 aliphatic heterocycles. The summed E-state index contributed by atoms with van der Waals surface area (Å²) >= 11 is 0. The van der Waals surface area contributed by atoms with Gasteiger partial charge in [-0.15, -0.1) is 0 Å². The monoisotopic (exact) mass is 361 g/mol. The fourth-order valence-corrected chi connectivity index (χ4v) is 3.98. The first-order valence-electron chi connectivity index (χ1n) is 9.69. The van der Waals surface area contributed by atoms with Crippen LogP contribution in [0.5, 0.6) is 0 Å². The molecule has 0 N–H and O–H groups in total. The summed E-state index contributed by atoms with van der Waals surface area (Å²) in [4.78, 5) is 2.48. The molecule has 0 amide bonds. The second kappa shape index (κ2) is 8.51. The standard InChI is InChI=1S/C23H27N3O/c1-25-16-19(15-24-25)17-26-12-13-27-22(18-26)14-23(20-8-4-2-5-9-20)21-10-6-3-7-11-21/h2-11,15-16,22-23H,12-14,17-18H2,1H3. The van der Waals surface area contributed by atoms with Crippen molar-refractivity contribution in [1.82, 2.24) is 14.7 Å². The zero-order valence-corrected chi connectivity index (χ0v) is 15.9. The van der Waals surface area contributed by atoms with Crippen LogP contribution in [0.2, 0.25) is 0 Å². The second-order valence-electron chi connectivity index (χ2n) is 7.36. The fourth-order valence-electron chi connectivity index (χ4n) is 3.98. The molecule has 2 heterocycles. The van der Waals surface area contributed by atoms with Crippen molar-refractivity contribution in [3.63, 3.8) is 0 Å². The smallest absolute Gasteiger partial charge is 0.0711 e. The Balaban J connectivity index is 1.47. The number of aryl methyl sites for hydroxylation is 1. The molecule has 3 aromatic rings. The minimum atomic E-state index is 0.237. The lowest BCUT2D eigenvalue weighted by atomic mass is 9.86. The molecular weight excluding hydrogens is 334 g/mol. The summed E-state index contributed by atoms with van der Waals surface area (Å²) in [7, 11) is 1.97. The van der Waals surface area contributed by atoms with E-state index in [-0.39, 0.29) is 6.10 Å². The van der Waals surface area contributed by atoms with Gasteiger partial charge in [0.1, 0.15) is 0 Å². The van der Waals surface area contributed by atoms with Crippen LogP contribution < -0.4 is 0 Å². The molecule has 0 saturated carbocycles. The highest BCUT2D eigenvalue weighted by molar-refractivity contribution is 5.32. The number of nitrogens with zero attached hydrogens (tertiary/aromatic N) is 3. The minimum absolute atomic E-state index is 0.237. The molecule has 27 heavy (non-hydrogen) atoms. The third kappa shape index (κ3) is 4.65. The van der Waals surface area contributed by atoms with Gasteiger partial charge in [-0.25, -0.2) is 0 Å². The largest absolute Gasteiger partial charge is 0.376 e. The van der Waals surface area contributed by atoms with Gasteiger partial charge in [-0.1, -0.05) is 60.7 Å². The van der Waals surface area contributed by atoms with Crippen LogP contribution in [0.1, 0.15) is 29.0 Å². The highest BCUT2D eigenvalue weighted by atomic mass is 16.5. The number of hydrogen-bond donors (Lipinski definition) is 0. The van der Waals surface area contributed by atoms with Gasteiger partial charge in [0.2, 0.25) is 0 Å². The summed E-state index contributed by atoms with van der Waals surface area (Å²) in [6, 6.07) is 21.6. The van der Waals surface area contributed by atoms with Crippen molar-refractivity contribution >= 4 is 0 Å². The van der Waals surface area contributed by atoms with Crippen molar-refractivity contribution in [1.29, 1.82) is 0 Å². The van der Waals surface area contributed by atoms with E-state index in [1.165, 1.54) is 16.7 Å². The maximum atomic E-state index is 6.16. The molecule has 0 radical (unpaired) electrons. The average Bonchev–Trinajstić information content (AvgIpc) is 3.12. The lowest BCUT2D eigenvalue weighted by Crippen LogP contribution is -2.42. The Morgan fingerprint density at radius 2 is 1.70 bits per heavy atom. The normalized spacial score (nSPS) is 18.1. The van der Waals surface area contributed by atoms with Crippen LogP contribution in [0.25, 0.3) is 0 Å². The van der Waals surface area contributed by atoms with Gasteiger partial charge in [0.25, 0.3) is 0 Å². The zero-order chi connectivity index (χ0) is 18.5. The molecule has 4 rings (SSSR count). The van der Waals surface area contributed by atoms with Crippen LogP contribution in [-0.2, 0) is 18.3 Å². The van der Waals surface area contributed by atoms with Crippen LogP contribution in [0.3, 0.4) is 0 Å². The van der Waals surface area contributed by atoms with Crippen LogP contribution in [-0.4, -0.2) is 40.5 Å². The Bertz CT molecular complexity index is 792. The van der Waals surface area contributed by atoms with E-state index in [2.05, 4.69) is 76.9 Å². The lowest BCUT2D eigenvalue weighted by Gasteiger charge is -2.34. The van der Waals surface area contributed by atoms with Crippen molar-refractivity contribution < 1.29 is 4.74 Å². The Kier molecular flexibility index (Phi) is 5.66. The molecule has 4 heteroatoms. The number of hydrogen-bond acceptors (Lipinski definition) is 3. The SMILES string of the molecule is Cn1cc(CN2CCOC(CC(c3ccccc3)c3ccccc3)C2)cn1. The molecule has 0 bridgehead atoms. The molecule has 2 aromatic carbocycles. The Morgan fingerprint density at radius 1 is 1.04 bits per heavy atom. The number of morpholine rings is 1. The second-order valence-corrected chi connectivity index (χ2v) is 7.36. The first-order chi connectivity index (χ1) is 13.3. The maximum Gasteiger partial charge on any atom is 0.0711 e. The van der Waals surface area contributed by atoms with Gasteiger partial charge in [-0.2, -0.15) is 5.10 Å². The quantitative estimate of drug-likeness (QED) is 0.668. The van der Waals surface area contributed by atoms with Gasteiger partial charge in [0, 0.05) is 44.4 Å². The van der Waals surface area contributed by atoms with Crippen molar-refractivity contribution in [3.8, 4) is 0 Å². The number of aromatic nitrogens is 2. The highest BCUT2D eigenvalue weighted by Gasteiger charge is 2.25. The lowest BCUT2D eigenvalue weighted by molar-refractivity contribution is -0.0364. The highest BCUT2D eigenvalue weighted by Crippen LogP contribution is 2.31. The third-order valence-corrected chi connectivity index (χ3v) is 5.29. The predicted octanol–water partition coefficient (Wildman–Crippen LogP) is 3.84. The summed E-state index contributed by atoms with van der Waals surface area (Å²) < 4.78 is 8.03. The Labute approximate surface area is 161 Å². The van der Waals surface area contributed by atoms with E-state index in [4.69, 9.17) is 4.74 Å². The maximum absolute atomic E-state index is 6.16. The average molecular weight is 361 g/mol. The van der Waals surface area contributed by atoms with E-state index in [1.807, 2.05) is 17.9 Å². The molecule has 4 nitrogen and oxygen atoms in total. The molecule has 140 valence electrons. The third-order valence-electron chi connectivity index (χ3n) is 5.29. The van der Waals surface area contributed by atoms with E-state index in [0.717, 1.165) is 32.7 Å². The van der Waals surface area contributed by atoms with Crippen molar-refractivity contribution in [2.24, 2.45) is 7.05 Å². The number of benzene rings is 2. The van der Waals surface area contributed by atoms with Crippen molar-refractivity contribution in [3.05, 3.63) is 89.7 Å². The van der Waals surface area contributed by atoms with Crippen LogP contribution >= 0.6 is 0 Å². The first-order valence-corrected chi connectivity index (χ1v) is 9.69. The van der Waals surface area contributed by atoms with Gasteiger partial charge in [0.05, 0.1) is 18.9 Å². The summed E-state index contributed by atoms with van der Waals surface area (Å²) in [5, 5.41) is 4.29. The van der Waals surface area contributed by atoms with E-state index in [1.54, 1.807) is 0 Å². The van der Waals surface area contributed by atoms with Crippen molar-refractivity contribution in [2.45, 2.75) is 25.0 Å². The molecule has 1 unspecified atom stereocenters. The first kappa shape index (κ1) is 18.0. The Morgan fingerprint density at radius 3 is 2.30 bits per heavy atom. The van der Waals surface area contributed by atoms with Crippen LogP contribution in [0.15, 0.2) is 73.1 Å². The van der Waals surface area contributed by atoms with E-state index in [0.29, 0.717) is 5.92 Å². The zero-order valence-electron chi connectivity index (χ0n) is 15.9. The van der Waals surface area contributed by atoms with Crippen molar-refractivity contribution in [2.75, 3.05) is 19.7 Å². The molecular formula is C23H27N3O. The molecule has 1 aromatic heterocycles. The summed E-state index contributed by atoms with van der Waals surface area (Å²) in [5.74, 6) is 0.357. The van der Waals surface area contributed by atoms with Crippen LogP contribution in [0, 0.1) is 0 Å². The predicted molar refractivity (Wildman–Crippen MR) is 108 cm³/mol. The summed E-state index contributed by atoms with van der Waals surface area (Å²) in [6.45, 7) is 3.67. The Hall–Kier alpha value is -2.43. The fraction of sp³-hybridized carbons (Fsp3) is 0.348. The van der Waals surface area contributed by atoms with E-state index in [9.17, 15) is 0 Å². The molecule has 1 saturated heterocycles. The van der Waals surface area contributed by atoms with E-state index < -0.39 is 0 Å². The minimum Gasteiger partial charge on any atom is -0.376 e. The van der Waals surface area contributed by atoms with Crippen LogP contribution in [0.4, 0.5) is 0 Å². The molecule has 0 aliphatic carbocycles. The molecule has 1 fully saturated rings. The van der Waals surface area contributed by atoms with Gasteiger partial charge >= 0.3 is 0 Å². The number of rotatable bonds is 6. The molecule has 1 atom stereocenters. The molecule has 1 aliphatic rings. The summed E-state index contributed by atoms with van der Waals surface area (Å²) in [5.41, 5.74) is 3.98. The summed E-state index contributed by atoms with van der Waals surface area (Å²) in [6.07, 6.45) is 5.29. The van der Waals surface area contributed by atoms with E-state index >= 15 is 0 Å². The van der Waals surface area contributed by atoms with Gasteiger partial charge in [0.15, 0.2) is 0 Å². The molecule has 0 spiro atoms. The van der Waals surface area contributed by atoms with Gasteiger partial charge in [-0.3, -0.25) is 9.58 Å². The number of ether oxygens (including phenoxy) is 1. The van der Waals surface area contributed by atoms with Gasteiger partial charge < -0.3 is 4.74 Å². The topological polar surface area (TPSA) is 30.3 Å². The van der Waals surface area contributed by atoms with Gasteiger partial charge in [-0.05, 0) is 17.5 Å².